The molecule has 9 heteroatoms. The summed E-state index contributed by atoms with van der Waals surface area (Å²) >= 11 is 0. The van der Waals surface area contributed by atoms with Crippen molar-refractivity contribution in [1.82, 2.24) is 0 Å². The second-order valence-electron chi connectivity index (χ2n) is 8.66. The Morgan fingerprint density at radius 3 is 1.61 bits per heavy atom. The summed E-state index contributed by atoms with van der Waals surface area (Å²) in [6, 6.07) is 0. The summed E-state index contributed by atoms with van der Waals surface area (Å²) in [5.74, 6) is -0.400. The van der Waals surface area contributed by atoms with Crippen LogP contribution in [0.25, 0.3) is 0 Å². The van der Waals surface area contributed by atoms with E-state index in [2.05, 4.69) is 0 Å². The molecule has 2 spiro atoms. The fourth-order valence-electron chi connectivity index (χ4n) is 5.30. The van der Waals surface area contributed by atoms with Gasteiger partial charge in [0.05, 0.1) is 63.7 Å². The van der Waals surface area contributed by atoms with E-state index in [-0.39, 0.29) is 37.4 Å². The molecule has 170 valence electrons. The molecular formula is C22H28O9. The summed E-state index contributed by atoms with van der Waals surface area (Å²) in [6.07, 6.45) is 4.22. The molecule has 3 aliphatic heterocycles. The molecule has 6 atom stereocenters. The maximum Gasteiger partial charge on any atom is 0.317 e. The Balaban J connectivity index is 1.36. The van der Waals surface area contributed by atoms with E-state index in [1.807, 2.05) is 12.2 Å². The minimum absolute atomic E-state index is 0.229. The third-order valence-corrected chi connectivity index (χ3v) is 6.83. The Kier molecular flexibility index (Phi) is 5.42. The number of esters is 2. The van der Waals surface area contributed by atoms with Crippen LogP contribution >= 0.6 is 0 Å². The second-order valence-corrected chi connectivity index (χ2v) is 8.66. The maximum absolute atomic E-state index is 12.4. The molecule has 9 nitrogen and oxygen atoms in total. The minimum Gasteiger partial charge on any atom is -0.431 e. The lowest BCUT2D eigenvalue weighted by Gasteiger charge is -2.54. The van der Waals surface area contributed by atoms with Crippen LogP contribution in [0.2, 0.25) is 0 Å². The minimum atomic E-state index is -0.868. The zero-order valence-electron chi connectivity index (χ0n) is 17.8. The van der Waals surface area contributed by atoms with Crippen molar-refractivity contribution >= 4 is 11.9 Å². The zero-order valence-corrected chi connectivity index (χ0v) is 17.8. The van der Waals surface area contributed by atoms with Gasteiger partial charge in [-0.1, -0.05) is 0 Å². The van der Waals surface area contributed by atoms with E-state index in [0.29, 0.717) is 50.8 Å². The lowest BCUT2D eigenvalue weighted by Crippen LogP contribution is -2.67. The number of rotatable bonds is 0. The van der Waals surface area contributed by atoms with Crippen LogP contribution in [0.4, 0.5) is 0 Å². The fraction of sp³-hybridized carbons (Fsp3) is 0.727. The zero-order chi connectivity index (χ0) is 21.6. The molecule has 0 unspecified atom stereocenters. The molecule has 2 aliphatic carbocycles. The lowest BCUT2D eigenvalue weighted by molar-refractivity contribution is -0.250. The first-order valence-corrected chi connectivity index (χ1v) is 10.9. The average molecular weight is 436 g/mol. The number of allylic oxidation sites excluding steroid dienone is 2. The van der Waals surface area contributed by atoms with Crippen molar-refractivity contribution < 1.29 is 42.7 Å². The Hall–Kier alpha value is -1.78. The molecule has 0 N–H and O–H groups in total. The van der Waals surface area contributed by atoms with Crippen molar-refractivity contribution in [1.29, 1.82) is 0 Å². The van der Waals surface area contributed by atoms with Crippen molar-refractivity contribution in [2.45, 2.75) is 50.1 Å². The van der Waals surface area contributed by atoms with Crippen molar-refractivity contribution in [2.24, 2.45) is 11.8 Å². The van der Waals surface area contributed by atoms with Gasteiger partial charge in [0.2, 0.25) is 0 Å². The van der Waals surface area contributed by atoms with Gasteiger partial charge in [-0.3, -0.25) is 9.59 Å². The summed E-state index contributed by atoms with van der Waals surface area (Å²) in [7, 11) is 0. The first-order chi connectivity index (χ1) is 14.9. The van der Waals surface area contributed by atoms with Gasteiger partial charge in [-0.15, -0.1) is 0 Å². The van der Waals surface area contributed by atoms with E-state index in [9.17, 15) is 9.59 Å². The third-order valence-electron chi connectivity index (χ3n) is 6.83. The van der Waals surface area contributed by atoms with Crippen LogP contribution < -0.4 is 0 Å². The molecular weight excluding hydrogens is 408 g/mol. The summed E-state index contributed by atoms with van der Waals surface area (Å²) in [5, 5.41) is 0. The molecule has 0 aromatic carbocycles. The van der Waals surface area contributed by atoms with E-state index in [1.165, 1.54) is 0 Å². The summed E-state index contributed by atoms with van der Waals surface area (Å²) in [6.45, 7) is 5.53. The Morgan fingerprint density at radius 2 is 1.16 bits per heavy atom. The molecule has 1 saturated heterocycles. The molecule has 0 bridgehead atoms. The van der Waals surface area contributed by atoms with Gasteiger partial charge in [0.25, 0.3) is 0 Å². The summed E-state index contributed by atoms with van der Waals surface area (Å²) in [5.41, 5.74) is -1.74. The Labute approximate surface area is 180 Å². The second kappa shape index (κ2) is 7.97. The van der Waals surface area contributed by atoms with E-state index >= 15 is 0 Å². The van der Waals surface area contributed by atoms with Gasteiger partial charge in [0.1, 0.15) is 22.7 Å². The van der Waals surface area contributed by atoms with Crippen LogP contribution in [-0.4, -0.2) is 75.0 Å². The molecule has 31 heavy (non-hydrogen) atoms. The lowest BCUT2D eigenvalue weighted by atomic mass is 9.65. The van der Waals surface area contributed by atoms with Crippen LogP contribution in [0.3, 0.4) is 0 Å². The van der Waals surface area contributed by atoms with Crippen molar-refractivity contribution in [2.75, 3.05) is 39.6 Å². The molecule has 0 aromatic rings. The number of hydrogen-bond acceptors (Lipinski definition) is 9. The van der Waals surface area contributed by atoms with Gasteiger partial charge in [0, 0.05) is 0 Å². The first-order valence-electron chi connectivity index (χ1n) is 10.9. The van der Waals surface area contributed by atoms with Gasteiger partial charge < -0.3 is 33.2 Å². The smallest absolute Gasteiger partial charge is 0.317 e. The highest BCUT2D eigenvalue weighted by atomic mass is 16.6. The number of carbonyl (C=O) groups excluding carboxylic acids is 2. The Bertz CT molecular complexity index is 754. The van der Waals surface area contributed by atoms with Gasteiger partial charge in [-0.05, 0) is 38.8 Å². The van der Waals surface area contributed by atoms with Gasteiger partial charge in [-0.25, -0.2) is 0 Å². The summed E-state index contributed by atoms with van der Waals surface area (Å²) in [4.78, 5) is 24.7. The van der Waals surface area contributed by atoms with Crippen LogP contribution in [0.15, 0.2) is 23.7 Å². The van der Waals surface area contributed by atoms with Crippen molar-refractivity contribution in [3.8, 4) is 0 Å². The van der Waals surface area contributed by atoms with Crippen LogP contribution in [0.5, 0.6) is 0 Å². The molecule has 5 aliphatic rings. The molecule has 0 aromatic heterocycles. The molecule has 3 fully saturated rings. The molecule has 0 radical (unpaired) electrons. The quantitative estimate of drug-likeness (QED) is 0.520. The van der Waals surface area contributed by atoms with E-state index in [4.69, 9.17) is 33.2 Å². The third kappa shape index (κ3) is 3.43. The predicted molar refractivity (Wildman–Crippen MR) is 104 cm³/mol. The predicted octanol–water partition coefficient (Wildman–Crippen LogP) is 1.26. The number of carbonyl (C=O) groups is 2. The monoisotopic (exact) mass is 436 g/mol. The van der Waals surface area contributed by atoms with Crippen LogP contribution in [-0.2, 0) is 42.7 Å². The maximum atomic E-state index is 12.4. The highest BCUT2D eigenvalue weighted by molar-refractivity contribution is 5.79. The van der Waals surface area contributed by atoms with E-state index in [1.54, 1.807) is 13.8 Å². The van der Waals surface area contributed by atoms with E-state index in [0.717, 1.165) is 0 Å². The van der Waals surface area contributed by atoms with Gasteiger partial charge in [-0.2, -0.15) is 0 Å². The van der Waals surface area contributed by atoms with Crippen LogP contribution in [0.1, 0.15) is 26.7 Å². The van der Waals surface area contributed by atoms with E-state index < -0.39 is 23.0 Å². The van der Waals surface area contributed by atoms with Gasteiger partial charge >= 0.3 is 11.9 Å². The number of cyclic esters (lactones) is 2. The first kappa shape index (κ1) is 21.1. The highest BCUT2D eigenvalue weighted by Crippen LogP contribution is 2.50. The molecule has 3 heterocycles. The fourth-order valence-corrected chi connectivity index (χ4v) is 5.30. The van der Waals surface area contributed by atoms with Crippen molar-refractivity contribution in [3.05, 3.63) is 23.7 Å². The topological polar surface area (TPSA) is 98.8 Å². The standard InChI is InChI=1S/C22H28O9/c1-13-11-21-15(19(23)30-13)9-17(21)26-5-3-25-4-6-27-18-10-16-20(24)31-14(2)12-22(16,18)29-8-7-28-21/h11-12,15-18H,3-10H2,1-2H3/t15-,16-,17+,18+,21-,22-/m0/s1. The number of hydrogen-bond donors (Lipinski definition) is 0. The molecule has 2 saturated carbocycles. The van der Waals surface area contributed by atoms with Crippen LogP contribution in [0, 0.1) is 11.8 Å². The van der Waals surface area contributed by atoms with Gasteiger partial charge in [0.15, 0.2) is 0 Å². The highest BCUT2D eigenvalue weighted by Gasteiger charge is 2.63. The largest absolute Gasteiger partial charge is 0.431 e. The average Bonchev–Trinajstić information content (AvgIpc) is 2.69. The normalized spacial score (nSPS) is 43.4. The SMILES string of the molecule is CC1=C[C@@]23OCCO[C@@]45C=C(C)OC(=O)[C@@H]4C[C@H]5OCCOCCO[C@@H]2C[C@H]3C(=O)O1. The number of ether oxygens (including phenoxy) is 7. The summed E-state index contributed by atoms with van der Waals surface area (Å²) < 4.78 is 40.6. The molecule has 0 amide bonds. The Morgan fingerprint density at radius 1 is 0.710 bits per heavy atom. The van der Waals surface area contributed by atoms with Crippen molar-refractivity contribution in [3.63, 3.8) is 0 Å². The molecule has 5 rings (SSSR count).